The fraction of sp³-hybridized carbons (Fsp3) is 0.455. The lowest BCUT2D eigenvalue weighted by atomic mass is 10.2. The van der Waals surface area contributed by atoms with Gasteiger partial charge in [0.05, 0.1) is 0 Å². The quantitative estimate of drug-likeness (QED) is 0.755. The Morgan fingerprint density at radius 1 is 1.69 bits per heavy atom. The predicted molar refractivity (Wildman–Crippen MR) is 63.1 cm³/mol. The standard InChI is InChI=1S/C11H16N4O/c1-8(16)14-10-3-5-15(7-10)11-6-9(12)2-4-13-11/h2,4,6,10H,3,5,7H2,1H3,(H2,12,13)(H,14,16). The molecule has 0 aromatic carbocycles. The van der Waals surface area contributed by atoms with Gasteiger partial charge in [0.15, 0.2) is 0 Å². The minimum Gasteiger partial charge on any atom is -0.399 e. The third kappa shape index (κ3) is 2.42. The molecule has 0 spiro atoms. The van der Waals surface area contributed by atoms with E-state index in [0.29, 0.717) is 5.69 Å². The summed E-state index contributed by atoms with van der Waals surface area (Å²) in [5, 5.41) is 2.92. The first-order valence-electron chi connectivity index (χ1n) is 5.39. The molecule has 5 nitrogen and oxygen atoms in total. The van der Waals surface area contributed by atoms with Crippen LogP contribution in [0.2, 0.25) is 0 Å². The lowest BCUT2D eigenvalue weighted by Crippen LogP contribution is -2.35. The molecule has 0 radical (unpaired) electrons. The molecule has 1 amide bonds. The Bertz CT molecular complexity index is 393. The van der Waals surface area contributed by atoms with Crippen molar-refractivity contribution in [3.63, 3.8) is 0 Å². The van der Waals surface area contributed by atoms with Crippen molar-refractivity contribution in [1.82, 2.24) is 10.3 Å². The number of amides is 1. The van der Waals surface area contributed by atoms with Crippen molar-refractivity contribution < 1.29 is 4.79 Å². The number of hydrogen-bond donors (Lipinski definition) is 2. The maximum absolute atomic E-state index is 10.9. The largest absolute Gasteiger partial charge is 0.399 e. The van der Waals surface area contributed by atoms with Gasteiger partial charge in [0.1, 0.15) is 5.82 Å². The van der Waals surface area contributed by atoms with Crippen molar-refractivity contribution in [3.8, 4) is 0 Å². The van der Waals surface area contributed by atoms with Crippen molar-refractivity contribution in [2.45, 2.75) is 19.4 Å². The summed E-state index contributed by atoms with van der Waals surface area (Å²) in [4.78, 5) is 17.3. The van der Waals surface area contributed by atoms with E-state index in [1.54, 1.807) is 19.2 Å². The molecule has 0 aliphatic carbocycles. The summed E-state index contributed by atoms with van der Waals surface area (Å²) in [6, 6.07) is 3.85. The zero-order valence-corrected chi connectivity index (χ0v) is 9.31. The molecule has 0 bridgehead atoms. The molecule has 0 saturated carbocycles. The lowest BCUT2D eigenvalue weighted by molar-refractivity contribution is -0.119. The molecule has 1 atom stereocenters. The summed E-state index contributed by atoms with van der Waals surface area (Å²) in [6.07, 6.45) is 2.66. The Morgan fingerprint density at radius 3 is 3.19 bits per heavy atom. The number of carbonyl (C=O) groups is 1. The van der Waals surface area contributed by atoms with Crippen molar-refractivity contribution in [2.75, 3.05) is 23.7 Å². The van der Waals surface area contributed by atoms with Gasteiger partial charge >= 0.3 is 0 Å². The zero-order valence-electron chi connectivity index (χ0n) is 9.31. The predicted octanol–water partition coefficient (Wildman–Crippen LogP) is 0.379. The Morgan fingerprint density at radius 2 is 2.50 bits per heavy atom. The van der Waals surface area contributed by atoms with Crippen LogP contribution in [0, 0.1) is 0 Å². The SMILES string of the molecule is CC(=O)NC1CCN(c2cc(N)ccn2)C1. The second kappa shape index (κ2) is 4.38. The number of nitrogen functional groups attached to an aromatic ring is 1. The molecular weight excluding hydrogens is 204 g/mol. The van der Waals surface area contributed by atoms with Crippen LogP contribution >= 0.6 is 0 Å². The summed E-state index contributed by atoms with van der Waals surface area (Å²) in [6.45, 7) is 3.25. The second-order valence-electron chi connectivity index (χ2n) is 4.08. The van der Waals surface area contributed by atoms with Gasteiger partial charge in [-0.05, 0) is 12.5 Å². The highest BCUT2D eigenvalue weighted by Gasteiger charge is 2.23. The summed E-state index contributed by atoms with van der Waals surface area (Å²) in [5.41, 5.74) is 6.42. The van der Waals surface area contributed by atoms with E-state index < -0.39 is 0 Å². The van der Waals surface area contributed by atoms with Crippen LogP contribution in [0.15, 0.2) is 18.3 Å². The molecule has 3 N–H and O–H groups in total. The molecule has 1 aromatic rings. The summed E-state index contributed by atoms with van der Waals surface area (Å²) < 4.78 is 0. The van der Waals surface area contributed by atoms with E-state index in [4.69, 9.17) is 5.73 Å². The molecule has 86 valence electrons. The number of rotatable bonds is 2. The number of anilines is 2. The van der Waals surface area contributed by atoms with Crippen molar-refractivity contribution in [2.24, 2.45) is 0 Å². The van der Waals surface area contributed by atoms with Crippen LogP contribution in [-0.4, -0.2) is 30.0 Å². The number of nitrogens with zero attached hydrogens (tertiary/aromatic N) is 2. The fourth-order valence-corrected chi connectivity index (χ4v) is 1.98. The van der Waals surface area contributed by atoms with E-state index in [9.17, 15) is 4.79 Å². The second-order valence-corrected chi connectivity index (χ2v) is 4.08. The Balaban J connectivity index is 2.00. The average Bonchev–Trinajstić information content (AvgIpc) is 2.65. The Kier molecular flexibility index (Phi) is 2.94. The van der Waals surface area contributed by atoms with Crippen molar-refractivity contribution in [1.29, 1.82) is 0 Å². The average molecular weight is 220 g/mol. The third-order valence-corrected chi connectivity index (χ3v) is 2.69. The van der Waals surface area contributed by atoms with Gasteiger partial charge in [0.25, 0.3) is 0 Å². The van der Waals surface area contributed by atoms with Gasteiger partial charge < -0.3 is 16.0 Å². The van der Waals surface area contributed by atoms with Crippen LogP contribution < -0.4 is 16.0 Å². The molecule has 1 aliphatic rings. The van der Waals surface area contributed by atoms with Crippen LogP contribution in [0.5, 0.6) is 0 Å². The minimum atomic E-state index is 0.0207. The van der Waals surface area contributed by atoms with Crippen molar-refractivity contribution in [3.05, 3.63) is 18.3 Å². The van der Waals surface area contributed by atoms with E-state index in [1.165, 1.54) is 0 Å². The Labute approximate surface area is 94.6 Å². The van der Waals surface area contributed by atoms with E-state index in [2.05, 4.69) is 15.2 Å². The number of pyridine rings is 1. The molecule has 1 saturated heterocycles. The van der Waals surface area contributed by atoms with Crippen LogP contribution in [0.4, 0.5) is 11.5 Å². The van der Waals surface area contributed by atoms with Crippen LogP contribution in [0.25, 0.3) is 0 Å². The van der Waals surface area contributed by atoms with E-state index in [0.717, 1.165) is 25.3 Å². The smallest absolute Gasteiger partial charge is 0.217 e. The molecule has 2 rings (SSSR count). The van der Waals surface area contributed by atoms with Gasteiger partial charge in [-0.25, -0.2) is 4.98 Å². The summed E-state index contributed by atoms with van der Waals surface area (Å²) in [7, 11) is 0. The normalized spacial score (nSPS) is 19.8. The molecule has 16 heavy (non-hydrogen) atoms. The number of carbonyl (C=O) groups excluding carboxylic acids is 1. The number of nitrogens with two attached hydrogens (primary N) is 1. The van der Waals surface area contributed by atoms with Gasteiger partial charge in [0, 0.05) is 44.0 Å². The molecule has 2 heterocycles. The number of nitrogens with one attached hydrogen (secondary N) is 1. The van der Waals surface area contributed by atoms with Gasteiger partial charge in [-0.2, -0.15) is 0 Å². The highest BCUT2D eigenvalue weighted by Crippen LogP contribution is 2.19. The van der Waals surface area contributed by atoms with E-state index in [-0.39, 0.29) is 11.9 Å². The van der Waals surface area contributed by atoms with E-state index >= 15 is 0 Å². The van der Waals surface area contributed by atoms with Gasteiger partial charge in [0.2, 0.25) is 5.91 Å². The molecule has 5 heteroatoms. The first-order valence-corrected chi connectivity index (χ1v) is 5.39. The first-order chi connectivity index (χ1) is 7.65. The molecule has 1 unspecified atom stereocenters. The van der Waals surface area contributed by atoms with Gasteiger partial charge in [-0.15, -0.1) is 0 Å². The minimum absolute atomic E-state index is 0.0207. The highest BCUT2D eigenvalue weighted by atomic mass is 16.1. The topological polar surface area (TPSA) is 71.2 Å². The molecule has 1 fully saturated rings. The maximum atomic E-state index is 10.9. The van der Waals surface area contributed by atoms with Crippen LogP contribution in [-0.2, 0) is 4.79 Å². The molecule has 1 aliphatic heterocycles. The van der Waals surface area contributed by atoms with E-state index in [1.807, 2.05) is 6.07 Å². The van der Waals surface area contributed by atoms with Gasteiger partial charge in [-0.1, -0.05) is 0 Å². The lowest BCUT2D eigenvalue weighted by Gasteiger charge is -2.17. The third-order valence-electron chi connectivity index (χ3n) is 2.69. The molecule has 1 aromatic heterocycles. The van der Waals surface area contributed by atoms with Crippen LogP contribution in [0.3, 0.4) is 0 Å². The van der Waals surface area contributed by atoms with Crippen LogP contribution in [0.1, 0.15) is 13.3 Å². The maximum Gasteiger partial charge on any atom is 0.217 e. The summed E-state index contributed by atoms with van der Waals surface area (Å²) >= 11 is 0. The zero-order chi connectivity index (χ0) is 11.5. The highest BCUT2D eigenvalue weighted by molar-refractivity contribution is 5.73. The monoisotopic (exact) mass is 220 g/mol. The number of hydrogen-bond acceptors (Lipinski definition) is 4. The Hall–Kier alpha value is -1.78. The summed E-state index contributed by atoms with van der Waals surface area (Å²) in [5.74, 6) is 0.903. The van der Waals surface area contributed by atoms with Crippen molar-refractivity contribution >= 4 is 17.4 Å². The first kappa shape index (κ1) is 10.7. The van der Waals surface area contributed by atoms with Gasteiger partial charge in [-0.3, -0.25) is 4.79 Å². The number of aromatic nitrogens is 1. The molecular formula is C11H16N4O. The fourth-order valence-electron chi connectivity index (χ4n) is 1.98.